The van der Waals surface area contributed by atoms with Gasteiger partial charge in [-0.1, -0.05) is 6.92 Å². The quantitative estimate of drug-likeness (QED) is 0.728. The zero-order valence-electron chi connectivity index (χ0n) is 9.80. The average Bonchev–Trinajstić information content (AvgIpc) is 2.52. The minimum atomic E-state index is 0.837. The van der Waals surface area contributed by atoms with Crippen molar-refractivity contribution in [2.75, 3.05) is 25.1 Å². The van der Waals surface area contributed by atoms with E-state index in [1.165, 1.54) is 4.88 Å². The number of nitrogens with one attached hydrogen (secondary N) is 1. The van der Waals surface area contributed by atoms with Gasteiger partial charge in [0.1, 0.15) is 0 Å². The maximum absolute atomic E-state index is 5.39. The number of aromatic nitrogens is 1. The molecule has 4 heteroatoms. The molecule has 1 aromatic heterocycles. The van der Waals surface area contributed by atoms with Crippen LogP contribution in [0.1, 0.15) is 30.3 Å². The van der Waals surface area contributed by atoms with Gasteiger partial charge in [0, 0.05) is 24.6 Å². The summed E-state index contributed by atoms with van der Waals surface area (Å²) in [6.07, 6.45) is 2.13. The molecular weight excluding hydrogens is 208 g/mol. The number of thiazole rings is 1. The second-order valence-electron chi connectivity index (χ2n) is 3.55. The molecule has 0 aliphatic heterocycles. The number of anilines is 1. The van der Waals surface area contributed by atoms with E-state index in [1.54, 1.807) is 11.3 Å². The van der Waals surface area contributed by atoms with Gasteiger partial charge in [0.25, 0.3) is 0 Å². The topological polar surface area (TPSA) is 34.1 Å². The molecular formula is C11H20N2OS. The van der Waals surface area contributed by atoms with Crippen LogP contribution in [0.3, 0.4) is 0 Å². The number of hydrogen-bond donors (Lipinski definition) is 1. The molecule has 1 heterocycles. The fraction of sp³-hybridized carbons (Fsp3) is 0.727. The molecule has 1 aromatic rings. The van der Waals surface area contributed by atoms with Crippen LogP contribution in [0.2, 0.25) is 0 Å². The van der Waals surface area contributed by atoms with E-state index in [-0.39, 0.29) is 0 Å². The average molecular weight is 228 g/mol. The molecule has 0 amide bonds. The Morgan fingerprint density at radius 2 is 2.13 bits per heavy atom. The first-order valence-corrected chi connectivity index (χ1v) is 6.31. The van der Waals surface area contributed by atoms with Crippen LogP contribution in [0.4, 0.5) is 5.13 Å². The third-order valence-corrected chi connectivity index (χ3v) is 3.15. The van der Waals surface area contributed by atoms with Gasteiger partial charge >= 0.3 is 0 Å². The molecule has 3 nitrogen and oxygen atoms in total. The minimum Gasteiger partial charge on any atom is -0.381 e. The Kier molecular flexibility index (Phi) is 5.65. The summed E-state index contributed by atoms with van der Waals surface area (Å²) in [6, 6.07) is 0. The van der Waals surface area contributed by atoms with E-state index >= 15 is 0 Å². The molecule has 15 heavy (non-hydrogen) atoms. The van der Waals surface area contributed by atoms with Crippen molar-refractivity contribution in [2.24, 2.45) is 0 Å². The predicted octanol–water partition coefficient (Wildman–Crippen LogP) is 2.99. The highest BCUT2D eigenvalue weighted by atomic mass is 32.1. The van der Waals surface area contributed by atoms with Gasteiger partial charge in [0.15, 0.2) is 5.13 Å². The standard InChI is InChI=1S/C11H20N2OS/c1-4-7-14-8-5-6-12-11-13-9(2)10(3)15-11/h4-8H2,1-3H3,(H,12,13). The van der Waals surface area contributed by atoms with Crippen LogP contribution < -0.4 is 5.32 Å². The number of hydrogen-bond acceptors (Lipinski definition) is 4. The van der Waals surface area contributed by atoms with Crippen molar-refractivity contribution >= 4 is 16.5 Å². The highest BCUT2D eigenvalue weighted by molar-refractivity contribution is 7.15. The third kappa shape index (κ3) is 4.62. The molecule has 0 aliphatic carbocycles. The molecule has 1 rings (SSSR count). The van der Waals surface area contributed by atoms with E-state index in [1.807, 2.05) is 6.92 Å². The van der Waals surface area contributed by atoms with E-state index in [0.29, 0.717) is 0 Å². The van der Waals surface area contributed by atoms with Crippen LogP contribution in [0.15, 0.2) is 0 Å². The van der Waals surface area contributed by atoms with Gasteiger partial charge in [-0.3, -0.25) is 0 Å². The maximum Gasteiger partial charge on any atom is 0.183 e. The Morgan fingerprint density at radius 1 is 1.33 bits per heavy atom. The van der Waals surface area contributed by atoms with E-state index < -0.39 is 0 Å². The molecule has 0 radical (unpaired) electrons. The Hall–Kier alpha value is -0.610. The van der Waals surface area contributed by atoms with E-state index in [2.05, 4.69) is 24.1 Å². The number of nitrogens with zero attached hydrogens (tertiary/aromatic N) is 1. The maximum atomic E-state index is 5.39. The second-order valence-corrected chi connectivity index (χ2v) is 4.76. The van der Waals surface area contributed by atoms with Gasteiger partial charge in [-0.25, -0.2) is 4.98 Å². The lowest BCUT2D eigenvalue weighted by molar-refractivity contribution is 0.134. The lowest BCUT2D eigenvalue weighted by atomic mass is 10.4. The molecule has 0 aromatic carbocycles. The van der Waals surface area contributed by atoms with Gasteiger partial charge in [-0.2, -0.15) is 0 Å². The predicted molar refractivity (Wildman–Crippen MR) is 65.8 cm³/mol. The number of aryl methyl sites for hydroxylation is 2. The summed E-state index contributed by atoms with van der Waals surface area (Å²) in [5, 5.41) is 4.34. The van der Waals surface area contributed by atoms with Crippen LogP contribution in [-0.4, -0.2) is 24.7 Å². The van der Waals surface area contributed by atoms with Crippen molar-refractivity contribution in [1.29, 1.82) is 0 Å². The summed E-state index contributed by atoms with van der Waals surface area (Å²) in [5.41, 5.74) is 1.13. The van der Waals surface area contributed by atoms with Crippen LogP contribution >= 0.6 is 11.3 Å². The molecule has 0 atom stereocenters. The Labute approximate surface area is 95.9 Å². The lowest BCUT2D eigenvalue weighted by Crippen LogP contribution is -2.05. The third-order valence-electron chi connectivity index (χ3n) is 2.12. The number of ether oxygens (including phenoxy) is 1. The molecule has 86 valence electrons. The van der Waals surface area contributed by atoms with Gasteiger partial charge in [-0.05, 0) is 26.7 Å². The molecule has 0 aliphatic rings. The van der Waals surface area contributed by atoms with Gasteiger partial charge < -0.3 is 10.1 Å². The van der Waals surface area contributed by atoms with E-state index in [0.717, 1.165) is 43.4 Å². The summed E-state index contributed by atoms with van der Waals surface area (Å²) >= 11 is 1.72. The summed E-state index contributed by atoms with van der Waals surface area (Å²) in [7, 11) is 0. The Balaban J connectivity index is 2.10. The van der Waals surface area contributed by atoms with Crippen molar-refractivity contribution < 1.29 is 4.74 Å². The fourth-order valence-corrected chi connectivity index (χ4v) is 2.00. The largest absolute Gasteiger partial charge is 0.381 e. The fourth-order valence-electron chi connectivity index (χ4n) is 1.16. The Bertz CT molecular complexity index is 267. The lowest BCUT2D eigenvalue weighted by Gasteiger charge is -2.03. The molecule has 0 saturated carbocycles. The first kappa shape index (κ1) is 12.5. The minimum absolute atomic E-state index is 0.837. The van der Waals surface area contributed by atoms with Gasteiger partial charge in [0.05, 0.1) is 5.69 Å². The van der Waals surface area contributed by atoms with Crippen molar-refractivity contribution in [3.8, 4) is 0 Å². The van der Waals surface area contributed by atoms with Crippen molar-refractivity contribution in [2.45, 2.75) is 33.6 Å². The van der Waals surface area contributed by atoms with Crippen LogP contribution in [0.5, 0.6) is 0 Å². The number of rotatable bonds is 7. The molecule has 1 N–H and O–H groups in total. The summed E-state index contributed by atoms with van der Waals surface area (Å²) < 4.78 is 5.39. The van der Waals surface area contributed by atoms with Gasteiger partial charge in [-0.15, -0.1) is 11.3 Å². The highest BCUT2D eigenvalue weighted by Crippen LogP contribution is 2.20. The smallest absolute Gasteiger partial charge is 0.183 e. The van der Waals surface area contributed by atoms with Gasteiger partial charge in [0.2, 0.25) is 0 Å². The molecule has 0 unspecified atom stereocenters. The SMILES string of the molecule is CCCOCCCNc1nc(C)c(C)s1. The van der Waals surface area contributed by atoms with Crippen LogP contribution in [-0.2, 0) is 4.74 Å². The zero-order valence-corrected chi connectivity index (χ0v) is 10.6. The first-order valence-electron chi connectivity index (χ1n) is 5.49. The zero-order chi connectivity index (χ0) is 11.1. The monoisotopic (exact) mass is 228 g/mol. The van der Waals surface area contributed by atoms with Crippen molar-refractivity contribution in [3.05, 3.63) is 10.6 Å². The molecule has 0 saturated heterocycles. The van der Waals surface area contributed by atoms with Crippen LogP contribution in [0, 0.1) is 13.8 Å². The second kappa shape index (κ2) is 6.80. The van der Waals surface area contributed by atoms with Crippen molar-refractivity contribution in [1.82, 2.24) is 4.98 Å². The summed E-state index contributed by atoms with van der Waals surface area (Å²) in [4.78, 5) is 5.70. The normalized spacial score (nSPS) is 10.6. The van der Waals surface area contributed by atoms with E-state index in [4.69, 9.17) is 4.74 Å². The molecule has 0 spiro atoms. The van der Waals surface area contributed by atoms with E-state index in [9.17, 15) is 0 Å². The van der Waals surface area contributed by atoms with Crippen molar-refractivity contribution in [3.63, 3.8) is 0 Å². The summed E-state index contributed by atoms with van der Waals surface area (Å²) in [6.45, 7) is 8.92. The molecule has 0 fully saturated rings. The molecule has 0 bridgehead atoms. The highest BCUT2D eigenvalue weighted by Gasteiger charge is 2.01. The Morgan fingerprint density at radius 3 is 2.73 bits per heavy atom. The van der Waals surface area contributed by atoms with Crippen LogP contribution in [0.25, 0.3) is 0 Å². The summed E-state index contributed by atoms with van der Waals surface area (Å²) in [5.74, 6) is 0. The first-order chi connectivity index (χ1) is 7.24.